The molecule has 0 spiro atoms. The van der Waals surface area contributed by atoms with E-state index in [1.807, 2.05) is 27.7 Å². The Labute approximate surface area is 128 Å². The third-order valence-corrected chi connectivity index (χ3v) is 2.94. The van der Waals surface area contributed by atoms with Crippen LogP contribution in [0.1, 0.15) is 38.1 Å². The van der Waals surface area contributed by atoms with Crippen molar-refractivity contribution in [2.24, 2.45) is 0 Å². The van der Waals surface area contributed by atoms with E-state index in [1.165, 1.54) is 0 Å². The number of hydrogen-bond donors (Lipinski definition) is 0. The molecule has 0 aliphatic rings. The smallest absolute Gasteiger partial charge is 0.153 e. The molecule has 0 atom stereocenters. The van der Waals surface area contributed by atoms with Gasteiger partial charge in [-0.3, -0.25) is 4.79 Å². The van der Waals surface area contributed by atoms with Gasteiger partial charge in [-0.15, -0.1) is 0 Å². The first kappa shape index (κ1) is 16.7. The summed E-state index contributed by atoms with van der Waals surface area (Å²) in [5.41, 5.74) is 0.989. The van der Waals surface area contributed by atoms with Gasteiger partial charge >= 0.3 is 0 Å². The molecule has 0 N–H and O–H groups in total. The number of aldehydes is 1. The zero-order valence-corrected chi connectivity index (χ0v) is 13.4. The molecule has 0 bridgehead atoms. The predicted octanol–water partition coefficient (Wildman–Crippen LogP) is 5.17. The van der Waals surface area contributed by atoms with Crippen LogP contribution in [-0.2, 0) is 0 Å². The number of hydrogen-bond acceptors (Lipinski definition) is 3. The van der Waals surface area contributed by atoms with Crippen molar-refractivity contribution in [3.05, 3.63) is 33.9 Å². The molecule has 0 radical (unpaired) electrons. The van der Waals surface area contributed by atoms with Gasteiger partial charge < -0.3 is 4.74 Å². The maximum absolute atomic E-state index is 10.8. The first-order valence-electron chi connectivity index (χ1n) is 6.43. The number of pyridine rings is 1. The average Bonchev–Trinajstić information content (AvgIpc) is 2.41. The first-order valence-corrected chi connectivity index (χ1v) is 7.18. The second-order valence-corrected chi connectivity index (χ2v) is 4.89. The molecule has 1 aromatic heterocycles. The molecular weight excluding hydrogens is 297 g/mol. The number of carbonyl (C=O) groups excluding carboxylic acids is 1. The topological polar surface area (TPSA) is 39.2 Å². The molecule has 5 heteroatoms. The van der Waals surface area contributed by atoms with E-state index in [0.717, 1.165) is 5.39 Å². The zero-order chi connectivity index (χ0) is 15.3. The van der Waals surface area contributed by atoms with E-state index < -0.39 is 0 Å². The fourth-order valence-corrected chi connectivity index (χ4v) is 2.00. The summed E-state index contributed by atoms with van der Waals surface area (Å²) >= 11 is 12.0. The van der Waals surface area contributed by atoms with Gasteiger partial charge in [-0.25, -0.2) is 4.98 Å². The number of rotatable bonds is 3. The molecule has 1 heterocycles. The molecule has 20 heavy (non-hydrogen) atoms. The molecule has 0 saturated heterocycles. The van der Waals surface area contributed by atoms with Gasteiger partial charge in [0.15, 0.2) is 6.29 Å². The Bertz CT molecular complexity index is 612. The lowest BCUT2D eigenvalue weighted by atomic mass is 10.1. The molecule has 2 rings (SSSR count). The van der Waals surface area contributed by atoms with Crippen LogP contribution in [0.5, 0.6) is 5.75 Å². The summed E-state index contributed by atoms with van der Waals surface area (Å²) in [6.45, 7) is 7.83. The van der Waals surface area contributed by atoms with Gasteiger partial charge in [-0.2, -0.15) is 0 Å². The summed E-state index contributed by atoms with van der Waals surface area (Å²) in [6, 6.07) is 5.09. The average molecular weight is 314 g/mol. The minimum absolute atomic E-state index is 0.0182. The minimum Gasteiger partial charge on any atom is -0.489 e. The van der Waals surface area contributed by atoms with Crippen LogP contribution in [0.15, 0.2) is 18.2 Å². The molecule has 3 nitrogen and oxygen atoms in total. The minimum atomic E-state index is 0.0182. The lowest BCUT2D eigenvalue weighted by Gasteiger charge is -2.12. The third kappa shape index (κ3) is 3.84. The molecule has 1 aromatic carbocycles. The Morgan fingerprint density at radius 2 is 1.85 bits per heavy atom. The van der Waals surface area contributed by atoms with Crippen molar-refractivity contribution in [3.63, 3.8) is 0 Å². The van der Waals surface area contributed by atoms with Gasteiger partial charge in [0.25, 0.3) is 0 Å². The van der Waals surface area contributed by atoms with Gasteiger partial charge in [0, 0.05) is 11.5 Å². The highest BCUT2D eigenvalue weighted by Crippen LogP contribution is 2.31. The molecule has 2 aromatic rings. The van der Waals surface area contributed by atoms with Crippen LogP contribution in [0.3, 0.4) is 0 Å². The van der Waals surface area contributed by atoms with Gasteiger partial charge in [-0.1, -0.05) is 37.0 Å². The van der Waals surface area contributed by atoms with Crippen molar-refractivity contribution < 1.29 is 9.53 Å². The Balaban J connectivity index is 0.000000956. The quantitative estimate of drug-likeness (QED) is 0.579. The Hall–Kier alpha value is -1.32. The van der Waals surface area contributed by atoms with E-state index in [9.17, 15) is 4.79 Å². The molecule has 0 saturated carbocycles. The van der Waals surface area contributed by atoms with E-state index in [4.69, 9.17) is 27.9 Å². The second kappa shape index (κ2) is 7.46. The van der Waals surface area contributed by atoms with Gasteiger partial charge in [-0.05, 0) is 26.0 Å². The predicted molar refractivity (Wildman–Crippen MR) is 84.3 cm³/mol. The van der Waals surface area contributed by atoms with Crippen LogP contribution in [-0.4, -0.2) is 17.4 Å². The van der Waals surface area contributed by atoms with E-state index in [-0.39, 0.29) is 11.3 Å². The van der Waals surface area contributed by atoms with Crippen LogP contribution in [0.4, 0.5) is 0 Å². The van der Waals surface area contributed by atoms with Crippen molar-refractivity contribution in [2.45, 2.75) is 33.8 Å². The Morgan fingerprint density at radius 3 is 2.40 bits per heavy atom. The third-order valence-electron chi connectivity index (χ3n) is 2.34. The van der Waals surface area contributed by atoms with Gasteiger partial charge in [0.05, 0.1) is 22.2 Å². The monoisotopic (exact) mass is 313 g/mol. The summed E-state index contributed by atoms with van der Waals surface area (Å²) in [6.07, 6.45) is 0.686. The molecule has 0 unspecified atom stereocenters. The van der Waals surface area contributed by atoms with E-state index in [0.29, 0.717) is 28.1 Å². The lowest BCUT2D eigenvalue weighted by molar-refractivity contribution is 0.112. The largest absolute Gasteiger partial charge is 0.489 e. The van der Waals surface area contributed by atoms with Crippen LogP contribution >= 0.6 is 23.2 Å². The molecule has 0 fully saturated rings. The van der Waals surface area contributed by atoms with E-state index >= 15 is 0 Å². The van der Waals surface area contributed by atoms with Gasteiger partial charge in [0.1, 0.15) is 10.9 Å². The number of fused-ring (bicyclic) bond motifs is 1. The van der Waals surface area contributed by atoms with Crippen LogP contribution in [0.2, 0.25) is 10.2 Å². The standard InChI is InChI=1S/C13H11Cl2NO2.C2H6/c1-7(2)18-12-5-11-8(4-10(12)14)3-9(6-17)13(15)16-11;1-2/h3-7H,1-2H3;1-2H3. The molecule has 0 aliphatic heterocycles. The summed E-state index contributed by atoms with van der Waals surface area (Å²) in [7, 11) is 0. The van der Waals surface area contributed by atoms with E-state index in [2.05, 4.69) is 4.98 Å². The molecular formula is C15H17Cl2NO2. The van der Waals surface area contributed by atoms with Crippen molar-refractivity contribution in [1.29, 1.82) is 0 Å². The number of nitrogens with zero attached hydrogens (tertiary/aromatic N) is 1. The van der Waals surface area contributed by atoms with E-state index in [1.54, 1.807) is 18.2 Å². The summed E-state index contributed by atoms with van der Waals surface area (Å²) in [5.74, 6) is 0.557. The number of benzene rings is 1. The fourth-order valence-electron chi connectivity index (χ4n) is 1.59. The fraction of sp³-hybridized carbons (Fsp3) is 0.333. The summed E-state index contributed by atoms with van der Waals surface area (Å²) in [5, 5.41) is 1.41. The molecule has 108 valence electrons. The highest BCUT2D eigenvalue weighted by atomic mass is 35.5. The van der Waals surface area contributed by atoms with Crippen molar-refractivity contribution in [3.8, 4) is 5.75 Å². The maximum Gasteiger partial charge on any atom is 0.153 e. The number of aromatic nitrogens is 1. The normalized spacial score (nSPS) is 10.2. The SMILES string of the molecule is CC.CC(C)Oc1cc2nc(Cl)c(C=O)cc2cc1Cl. The summed E-state index contributed by atoms with van der Waals surface area (Å²) in [4.78, 5) is 14.9. The van der Waals surface area contributed by atoms with Crippen LogP contribution in [0, 0.1) is 0 Å². The first-order chi connectivity index (χ1) is 9.51. The van der Waals surface area contributed by atoms with Gasteiger partial charge in [0.2, 0.25) is 0 Å². The highest BCUT2D eigenvalue weighted by molar-refractivity contribution is 6.33. The summed E-state index contributed by atoms with van der Waals surface area (Å²) < 4.78 is 5.56. The number of halogens is 2. The van der Waals surface area contributed by atoms with Crippen molar-refractivity contribution >= 4 is 40.4 Å². The lowest BCUT2D eigenvalue weighted by Crippen LogP contribution is -2.06. The molecule has 0 amide bonds. The molecule has 0 aliphatic carbocycles. The second-order valence-electron chi connectivity index (χ2n) is 4.13. The van der Waals surface area contributed by atoms with Crippen LogP contribution in [0.25, 0.3) is 10.9 Å². The maximum atomic E-state index is 10.8. The number of carbonyl (C=O) groups is 1. The zero-order valence-electron chi connectivity index (χ0n) is 11.9. The Morgan fingerprint density at radius 1 is 1.20 bits per heavy atom. The van der Waals surface area contributed by atoms with Crippen LogP contribution < -0.4 is 4.74 Å². The Kier molecular flexibility index (Phi) is 6.24. The van der Waals surface area contributed by atoms with Crippen molar-refractivity contribution in [1.82, 2.24) is 4.98 Å². The highest BCUT2D eigenvalue weighted by Gasteiger charge is 2.10. The van der Waals surface area contributed by atoms with Crippen molar-refractivity contribution in [2.75, 3.05) is 0 Å². The number of ether oxygens (including phenoxy) is 1.